The maximum atomic E-state index is 11.1. The summed E-state index contributed by atoms with van der Waals surface area (Å²) in [7, 11) is 0. The molecule has 0 saturated heterocycles. The van der Waals surface area contributed by atoms with E-state index in [0.717, 1.165) is 12.2 Å². The van der Waals surface area contributed by atoms with Gasteiger partial charge in [-0.25, -0.2) is 9.61 Å². The van der Waals surface area contributed by atoms with Gasteiger partial charge in [-0.15, -0.1) is 0 Å². The maximum Gasteiger partial charge on any atom is 0.290 e. The Hall–Kier alpha value is -1.65. The first-order chi connectivity index (χ1) is 5.83. The molecule has 0 aliphatic carbocycles. The van der Waals surface area contributed by atoms with E-state index in [9.17, 15) is 4.79 Å². The monoisotopic (exact) mass is 164 g/mol. The first kappa shape index (κ1) is 7.02. The van der Waals surface area contributed by atoms with E-state index in [1.165, 1.54) is 0 Å². The molecule has 0 bridgehead atoms. The average Bonchev–Trinajstić information content (AvgIpc) is 2.54. The number of aryl methyl sites for hydroxylation is 1. The molecule has 2 aromatic rings. The lowest BCUT2D eigenvalue weighted by Crippen LogP contribution is -2.15. The highest BCUT2D eigenvalue weighted by molar-refractivity contribution is 5.42. The number of nitrogens with one attached hydrogen (secondary N) is 1. The van der Waals surface area contributed by atoms with Crippen LogP contribution in [0, 0.1) is 0 Å². The van der Waals surface area contributed by atoms with Crippen molar-refractivity contribution in [1.29, 1.82) is 0 Å². The van der Waals surface area contributed by atoms with Gasteiger partial charge in [-0.3, -0.25) is 4.79 Å². The number of nitrogens with zero attached hydrogens (tertiary/aromatic N) is 3. The van der Waals surface area contributed by atoms with E-state index in [2.05, 4.69) is 15.3 Å². The van der Waals surface area contributed by atoms with Crippen molar-refractivity contribution in [2.24, 2.45) is 0 Å². The fourth-order valence-corrected chi connectivity index (χ4v) is 1.13. The van der Waals surface area contributed by atoms with Crippen molar-refractivity contribution in [3.8, 4) is 0 Å². The molecule has 12 heavy (non-hydrogen) atoms. The Kier molecular flexibility index (Phi) is 1.43. The fourth-order valence-electron chi connectivity index (χ4n) is 1.13. The summed E-state index contributed by atoms with van der Waals surface area (Å²) in [6, 6.07) is 1.67. The number of H-pyrrole nitrogens is 1. The highest BCUT2D eigenvalue weighted by Crippen LogP contribution is 1.96. The van der Waals surface area contributed by atoms with Gasteiger partial charge in [0.15, 0.2) is 5.82 Å². The fraction of sp³-hybridized carbons (Fsp3) is 0.286. The molecule has 0 amide bonds. The summed E-state index contributed by atoms with van der Waals surface area (Å²) >= 11 is 0. The Balaban J connectivity index is 2.92. The second-order valence-electron chi connectivity index (χ2n) is 2.45. The van der Waals surface area contributed by atoms with Crippen LogP contribution in [0.5, 0.6) is 0 Å². The van der Waals surface area contributed by atoms with Crippen LogP contribution in [0.2, 0.25) is 0 Å². The number of aromatic nitrogens is 4. The Labute approximate surface area is 68.0 Å². The van der Waals surface area contributed by atoms with Crippen LogP contribution in [-0.4, -0.2) is 19.8 Å². The molecule has 62 valence electrons. The standard InChI is InChI=1S/C7H8N4O/c1-2-6-9-10-7(12)5-3-4-8-11(5)6/h3-4H,2H2,1H3,(H,10,12). The van der Waals surface area contributed by atoms with Crippen LogP contribution in [0.15, 0.2) is 17.1 Å². The van der Waals surface area contributed by atoms with Gasteiger partial charge in [0.05, 0.1) is 6.20 Å². The molecule has 0 radical (unpaired) electrons. The largest absolute Gasteiger partial charge is 0.290 e. The van der Waals surface area contributed by atoms with Crippen molar-refractivity contribution < 1.29 is 0 Å². The Morgan fingerprint density at radius 3 is 3.25 bits per heavy atom. The van der Waals surface area contributed by atoms with Crippen molar-refractivity contribution in [2.45, 2.75) is 13.3 Å². The lowest BCUT2D eigenvalue weighted by Gasteiger charge is -1.97. The minimum atomic E-state index is -0.204. The van der Waals surface area contributed by atoms with E-state index in [-0.39, 0.29) is 5.56 Å². The lowest BCUT2D eigenvalue weighted by atomic mass is 10.4. The first-order valence-electron chi connectivity index (χ1n) is 3.74. The van der Waals surface area contributed by atoms with Gasteiger partial charge in [0.2, 0.25) is 0 Å². The summed E-state index contributed by atoms with van der Waals surface area (Å²) in [6.07, 6.45) is 2.33. The van der Waals surface area contributed by atoms with E-state index >= 15 is 0 Å². The lowest BCUT2D eigenvalue weighted by molar-refractivity contribution is 0.753. The minimum absolute atomic E-state index is 0.204. The van der Waals surface area contributed by atoms with Gasteiger partial charge in [-0.2, -0.15) is 10.2 Å². The van der Waals surface area contributed by atoms with Crippen LogP contribution in [-0.2, 0) is 6.42 Å². The van der Waals surface area contributed by atoms with E-state index < -0.39 is 0 Å². The summed E-state index contributed by atoms with van der Waals surface area (Å²) in [6.45, 7) is 1.96. The van der Waals surface area contributed by atoms with Gasteiger partial charge in [-0.05, 0) is 6.07 Å². The van der Waals surface area contributed by atoms with Crippen LogP contribution in [0.1, 0.15) is 12.7 Å². The smallest absolute Gasteiger partial charge is 0.266 e. The zero-order valence-corrected chi connectivity index (χ0v) is 6.61. The summed E-state index contributed by atoms with van der Waals surface area (Å²) in [5.74, 6) is 0.759. The van der Waals surface area contributed by atoms with Crippen LogP contribution in [0.4, 0.5) is 0 Å². The van der Waals surface area contributed by atoms with Crippen molar-refractivity contribution in [3.63, 3.8) is 0 Å². The predicted molar refractivity (Wildman–Crippen MR) is 43.0 cm³/mol. The van der Waals surface area contributed by atoms with E-state index in [4.69, 9.17) is 0 Å². The second-order valence-corrected chi connectivity index (χ2v) is 2.45. The maximum absolute atomic E-state index is 11.1. The first-order valence-corrected chi connectivity index (χ1v) is 3.74. The molecule has 0 atom stereocenters. The van der Waals surface area contributed by atoms with Crippen molar-refractivity contribution in [2.75, 3.05) is 0 Å². The quantitative estimate of drug-likeness (QED) is 0.644. The van der Waals surface area contributed by atoms with E-state index in [0.29, 0.717) is 5.52 Å². The third kappa shape index (κ3) is 0.827. The summed E-state index contributed by atoms with van der Waals surface area (Å²) in [5, 5.41) is 10.3. The molecule has 2 heterocycles. The molecule has 2 rings (SSSR count). The zero-order valence-electron chi connectivity index (χ0n) is 6.61. The molecule has 0 unspecified atom stereocenters. The van der Waals surface area contributed by atoms with Gasteiger partial charge < -0.3 is 0 Å². The number of rotatable bonds is 1. The normalized spacial score (nSPS) is 10.8. The molecule has 5 nitrogen and oxygen atoms in total. The minimum Gasteiger partial charge on any atom is -0.266 e. The van der Waals surface area contributed by atoms with Crippen molar-refractivity contribution in [1.82, 2.24) is 19.8 Å². The highest BCUT2D eigenvalue weighted by atomic mass is 16.1. The number of fused-ring (bicyclic) bond motifs is 1. The predicted octanol–water partition coefficient (Wildman–Crippen LogP) is -0.0200. The SMILES string of the molecule is CCc1n[nH]c(=O)c2ccnn12. The third-order valence-corrected chi connectivity index (χ3v) is 1.72. The molecule has 0 spiro atoms. The second kappa shape index (κ2) is 2.44. The van der Waals surface area contributed by atoms with Gasteiger partial charge in [0, 0.05) is 6.42 Å². The van der Waals surface area contributed by atoms with Crippen LogP contribution in [0.25, 0.3) is 5.52 Å². The topological polar surface area (TPSA) is 63.0 Å². The highest BCUT2D eigenvalue weighted by Gasteiger charge is 2.03. The Morgan fingerprint density at radius 1 is 1.67 bits per heavy atom. The molecule has 2 aromatic heterocycles. The van der Waals surface area contributed by atoms with Gasteiger partial charge >= 0.3 is 0 Å². The number of hydrogen-bond acceptors (Lipinski definition) is 3. The zero-order chi connectivity index (χ0) is 8.55. The summed E-state index contributed by atoms with van der Waals surface area (Å²) in [4.78, 5) is 11.1. The van der Waals surface area contributed by atoms with Crippen LogP contribution in [0.3, 0.4) is 0 Å². The summed E-state index contributed by atoms with van der Waals surface area (Å²) in [5.41, 5.74) is 0.339. The van der Waals surface area contributed by atoms with Crippen LogP contribution < -0.4 is 5.56 Å². The van der Waals surface area contributed by atoms with E-state index in [1.807, 2.05) is 6.92 Å². The molecular weight excluding hydrogens is 156 g/mol. The molecule has 0 aliphatic heterocycles. The summed E-state index contributed by atoms with van der Waals surface area (Å²) < 4.78 is 1.55. The van der Waals surface area contributed by atoms with Crippen molar-refractivity contribution >= 4 is 5.52 Å². The number of aromatic amines is 1. The molecule has 0 fully saturated rings. The average molecular weight is 164 g/mol. The Morgan fingerprint density at radius 2 is 2.50 bits per heavy atom. The molecule has 0 saturated carbocycles. The van der Waals surface area contributed by atoms with E-state index in [1.54, 1.807) is 16.8 Å². The van der Waals surface area contributed by atoms with Crippen molar-refractivity contribution in [3.05, 3.63) is 28.4 Å². The van der Waals surface area contributed by atoms with Gasteiger partial charge in [0.25, 0.3) is 5.56 Å². The molecule has 0 aromatic carbocycles. The number of hydrogen-bond donors (Lipinski definition) is 1. The third-order valence-electron chi connectivity index (χ3n) is 1.72. The molecule has 5 heteroatoms. The van der Waals surface area contributed by atoms with Crippen LogP contribution >= 0.6 is 0 Å². The molecule has 1 N–H and O–H groups in total. The van der Waals surface area contributed by atoms with Gasteiger partial charge in [-0.1, -0.05) is 6.92 Å². The molecule has 0 aliphatic rings. The Bertz CT molecular complexity index is 456. The molecular formula is C7H8N4O. The van der Waals surface area contributed by atoms with Gasteiger partial charge in [0.1, 0.15) is 5.52 Å².